The van der Waals surface area contributed by atoms with E-state index in [-0.39, 0.29) is 11.4 Å². The Balaban J connectivity index is 1.55. The van der Waals surface area contributed by atoms with Crippen LogP contribution in [-0.4, -0.2) is 13.3 Å². The quantitative estimate of drug-likeness (QED) is 0.161. The monoisotopic (exact) mass is 567 g/mol. The summed E-state index contributed by atoms with van der Waals surface area (Å²) in [5, 5.41) is 0. The van der Waals surface area contributed by atoms with Gasteiger partial charge in [-0.05, 0) is 0 Å². The number of rotatable bonds is 3. The molecule has 1 aromatic heterocycles. The van der Waals surface area contributed by atoms with E-state index in [4.69, 9.17) is 4.11 Å². The van der Waals surface area contributed by atoms with Crippen LogP contribution in [0.25, 0.3) is 44.6 Å². The summed E-state index contributed by atoms with van der Waals surface area (Å²) in [6.07, 6.45) is 1.37. The Morgan fingerprint density at radius 2 is 1.29 bits per heavy atom. The second-order valence-corrected chi connectivity index (χ2v) is 19.5. The van der Waals surface area contributed by atoms with Crippen molar-refractivity contribution in [3.8, 4) is 44.6 Å². The van der Waals surface area contributed by atoms with Crippen LogP contribution in [0.15, 0.2) is 91.1 Å². The Hall–Kier alpha value is -3.57. The van der Waals surface area contributed by atoms with Crippen LogP contribution in [0.5, 0.6) is 0 Å². The molecule has 0 bridgehead atoms. The third-order valence-electron chi connectivity index (χ3n) is 7.87. The van der Waals surface area contributed by atoms with Gasteiger partial charge in [-0.2, -0.15) is 0 Å². The van der Waals surface area contributed by atoms with E-state index in [9.17, 15) is 0 Å². The number of aromatic nitrogens is 1. The summed E-state index contributed by atoms with van der Waals surface area (Å²) in [7, 11) is 1.75. The Labute approximate surface area is 230 Å². The molecule has 0 amide bonds. The van der Waals surface area contributed by atoms with Crippen molar-refractivity contribution in [2.45, 2.75) is 25.3 Å². The Kier molecular flexibility index (Phi) is 5.08. The second-order valence-electron chi connectivity index (χ2n) is 10.6. The van der Waals surface area contributed by atoms with Gasteiger partial charge in [0.1, 0.15) is 0 Å². The topological polar surface area (TPSA) is 3.88 Å². The average Bonchev–Trinajstić information content (AvgIpc) is 3.16. The molecule has 4 heteroatoms. The van der Waals surface area contributed by atoms with Crippen molar-refractivity contribution in [1.29, 1.82) is 0 Å². The number of nitrogens with zero attached hydrogens (tertiary/aromatic N) is 1. The standard InChI is InChI=1S/C34H30F2GeN/c1-21-11-16-26-27-17-18-28(35)32(25-14-12-24(13-15-25)23-9-7-6-8-10-23)34(27)37(3,4)33(26)31(21)30-19-29(36)22(2)20-38(30)5/h6-20H,1-5H3/q+1/i2D3. The number of halogens is 2. The van der Waals surface area contributed by atoms with E-state index in [0.29, 0.717) is 11.3 Å². The molecule has 0 N–H and O–H groups in total. The molecule has 4 aromatic carbocycles. The minimum absolute atomic E-state index is 0.250. The summed E-state index contributed by atoms with van der Waals surface area (Å²) < 4.78 is 58.2. The summed E-state index contributed by atoms with van der Waals surface area (Å²) in [6, 6.07) is 27.1. The molecule has 0 aliphatic carbocycles. The molecule has 188 valence electrons. The van der Waals surface area contributed by atoms with Crippen molar-refractivity contribution >= 4 is 22.1 Å². The van der Waals surface area contributed by atoms with E-state index < -0.39 is 25.9 Å². The Bertz CT molecular complexity index is 1830. The van der Waals surface area contributed by atoms with Gasteiger partial charge in [0.15, 0.2) is 0 Å². The molecule has 1 aliphatic heterocycles. The molecule has 0 radical (unpaired) electrons. The molecule has 6 rings (SSSR count). The summed E-state index contributed by atoms with van der Waals surface area (Å²) in [6.45, 7) is -0.555. The van der Waals surface area contributed by atoms with Gasteiger partial charge in [0.05, 0.1) is 0 Å². The molecular weight excluding hydrogens is 533 g/mol. The molecule has 0 fully saturated rings. The predicted molar refractivity (Wildman–Crippen MR) is 156 cm³/mol. The summed E-state index contributed by atoms with van der Waals surface area (Å²) >= 11 is -3.23. The van der Waals surface area contributed by atoms with E-state index in [2.05, 4.69) is 29.7 Å². The zero-order chi connectivity index (χ0) is 29.3. The molecule has 0 atom stereocenters. The van der Waals surface area contributed by atoms with Crippen LogP contribution in [0.1, 0.15) is 15.2 Å². The number of hydrogen-bond donors (Lipinski definition) is 0. The van der Waals surface area contributed by atoms with Crippen molar-refractivity contribution < 1.29 is 17.5 Å². The molecule has 2 heterocycles. The third-order valence-corrected chi connectivity index (χ3v) is 15.3. The van der Waals surface area contributed by atoms with Gasteiger partial charge in [-0.25, -0.2) is 0 Å². The van der Waals surface area contributed by atoms with Gasteiger partial charge in [-0.1, -0.05) is 0 Å². The molecular formula is C34H30F2GeN+. The van der Waals surface area contributed by atoms with E-state index in [1.807, 2.05) is 61.5 Å². The van der Waals surface area contributed by atoms with Crippen LogP contribution >= 0.6 is 0 Å². The first kappa shape index (κ1) is 21.4. The van der Waals surface area contributed by atoms with Crippen LogP contribution in [0.4, 0.5) is 8.78 Å². The van der Waals surface area contributed by atoms with Crippen molar-refractivity contribution in [1.82, 2.24) is 0 Å². The summed E-state index contributed by atoms with van der Waals surface area (Å²) in [5.74, 6) is 3.53. The fourth-order valence-corrected chi connectivity index (χ4v) is 14.2. The van der Waals surface area contributed by atoms with Crippen LogP contribution in [0, 0.1) is 25.4 Å². The fraction of sp³-hybridized carbons (Fsp3) is 0.147. The van der Waals surface area contributed by atoms with E-state index >= 15 is 8.78 Å². The van der Waals surface area contributed by atoms with Gasteiger partial charge in [-0.3, -0.25) is 0 Å². The molecule has 0 saturated carbocycles. The zero-order valence-electron chi connectivity index (χ0n) is 24.9. The first-order valence-electron chi connectivity index (χ1n) is 14.2. The number of aryl methyl sites for hydroxylation is 3. The zero-order valence-corrected chi connectivity index (χ0v) is 24.0. The second kappa shape index (κ2) is 9.02. The molecule has 1 aliphatic rings. The van der Waals surface area contributed by atoms with Gasteiger partial charge >= 0.3 is 230 Å². The van der Waals surface area contributed by atoms with Crippen molar-refractivity contribution in [2.24, 2.45) is 7.05 Å². The van der Waals surface area contributed by atoms with Gasteiger partial charge in [0.25, 0.3) is 0 Å². The number of hydrogen-bond acceptors (Lipinski definition) is 0. The average molecular weight is 566 g/mol. The molecule has 5 aromatic rings. The van der Waals surface area contributed by atoms with Crippen LogP contribution in [0.2, 0.25) is 11.5 Å². The molecule has 0 saturated heterocycles. The number of benzene rings is 4. The molecule has 1 nitrogen and oxygen atoms in total. The van der Waals surface area contributed by atoms with Gasteiger partial charge in [0.2, 0.25) is 0 Å². The Morgan fingerprint density at radius 3 is 1.97 bits per heavy atom. The normalized spacial score (nSPS) is 14.8. The van der Waals surface area contributed by atoms with Crippen LogP contribution in [-0.2, 0) is 7.05 Å². The van der Waals surface area contributed by atoms with E-state index in [1.165, 1.54) is 12.3 Å². The van der Waals surface area contributed by atoms with Gasteiger partial charge in [-0.15, -0.1) is 0 Å². The van der Waals surface area contributed by atoms with Crippen LogP contribution in [0.3, 0.4) is 0 Å². The van der Waals surface area contributed by atoms with Crippen molar-refractivity contribution in [3.63, 3.8) is 0 Å². The number of pyridine rings is 1. The SMILES string of the molecule is [2H]C([2H])([2H])c1c[n+](C)c(-c2c(C)ccc3[c]2[Ge]([CH3])([CH3])[c]2c-3ccc(F)c2-c2ccc(-c3ccccc3)cc2)cc1F. The van der Waals surface area contributed by atoms with Gasteiger partial charge in [0, 0.05) is 0 Å². The van der Waals surface area contributed by atoms with Gasteiger partial charge < -0.3 is 0 Å². The maximum atomic E-state index is 15.8. The summed E-state index contributed by atoms with van der Waals surface area (Å²) in [5.41, 5.74) is 7.92. The minimum atomic E-state index is -3.23. The first-order chi connectivity index (χ1) is 19.4. The third kappa shape index (κ3) is 3.75. The number of fused-ring (bicyclic) bond motifs is 3. The van der Waals surface area contributed by atoms with Crippen molar-refractivity contribution in [2.75, 3.05) is 0 Å². The summed E-state index contributed by atoms with van der Waals surface area (Å²) in [4.78, 5) is 0. The maximum absolute atomic E-state index is 15.8. The fourth-order valence-electron chi connectivity index (χ4n) is 6.10. The molecule has 0 spiro atoms. The molecule has 0 unspecified atom stereocenters. The van der Waals surface area contributed by atoms with Crippen molar-refractivity contribution in [3.05, 3.63) is 114 Å². The van der Waals surface area contributed by atoms with E-state index in [0.717, 1.165) is 47.7 Å². The van der Waals surface area contributed by atoms with Crippen LogP contribution < -0.4 is 13.4 Å². The predicted octanol–water partition coefficient (Wildman–Crippen LogP) is 7.21. The van der Waals surface area contributed by atoms with E-state index in [1.54, 1.807) is 17.7 Å². The molecule has 38 heavy (non-hydrogen) atoms. The Morgan fingerprint density at radius 1 is 0.684 bits per heavy atom. The first-order valence-corrected chi connectivity index (χ1v) is 19.0.